The standard InChI is InChI=1S/C16H21N7O/c1-10-4-2-3-7-23(10)14-6-5-11(16(20)24)8-12(14)21-22-13(9-17)15(18)19/h5-6,8,10,21H,2-4,7H2,1H3,(H3,18,19)(H2,20,24)/b22-13+. The normalized spacial score (nSPS) is 17.9. The lowest BCUT2D eigenvalue weighted by Crippen LogP contribution is -2.37. The first-order valence-corrected chi connectivity index (χ1v) is 7.72. The van der Waals surface area contributed by atoms with Crippen molar-refractivity contribution in [3.8, 4) is 6.07 Å². The van der Waals surface area contributed by atoms with Gasteiger partial charge in [-0.15, -0.1) is 0 Å². The summed E-state index contributed by atoms with van der Waals surface area (Å²) in [4.78, 5) is 13.7. The maximum Gasteiger partial charge on any atom is 0.248 e. The highest BCUT2D eigenvalue weighted by Crippen LogP contribution is 2.32. The Kier molecular flexibility index (Phi) is 5.37. The van der Waals surface area contributed by atoms with Crippen molar-refractivity contribution in [2.45, 2.75) is 32.2 Å². The van der Waals surface area contributed by atoms with Gasteiger partial charge in [-0.25, -0.2) is 0 Å². The maximum absolute atomic E-state index is 11.4. The molecule has 0 saturated carbocycles. The number of nitrogens with zero attached hydrogens (tertiary/aromatic N) is 3. The van der Waals surface area contributed by atoms with E-state index in [9.17, 15) is 4.79 Å². The van der Waals surface area contributed by atoms with E-state index in [2.05, 4.69) is 22.4 Å². The molecule has 1 aliphatic heterocycles. The Morgan fingerprint density at radius 1 is 1.46 bits per heavy atom. The van der Waals surface area contributed by atoms with E-state index in [0.29, 0.717) is 17.3 Å². The van der Waals surface area contributed by atoms with Crippen LogP contribution in [0.2, 0.25) is 0 Å². The van der Waals surface area contributed by atoms with Crippen molar-refractivity contribution in [2.24, 2.45) is 16.6 Å². The monoisotopic (exact) mass is 327 g/mol. The number of hydrazone groups is 1. The average Bonchev–Trinajstić information content (AvgIpc) is 2.55. The van der Waals surface area contributed by atoms with Crippen LogP contribution in [0.4, 0.5) is 11.4 Å². The minimum Gasteiger partial charge on any atom is -0.382 e. The fraction of sp³-hybridized carbons (Fsp3) is 0.375. The Morgan fingerprint density at radius 3 is 2.79 bits per heavy atom. The second-order valence-corrected chi connectivity index (χ2v) is 5.73. The van der Waals surface area contributed by atoms with Gasteiger partial charge in [0.25, 0.3) is 0 Å². The molecular weight excluding hydrogens is 306 g/mol. The minimum absolute atomic E-state index is 0.225. The number of hydrogen-bond donors (Lipinski definition) is 4. The second kappa shape index (κ2) is 7.46. The lowest BCUT2D eigenvalue weighted by molar-refractivity contribution is 0.100. The number of rotatable bonds is 5. The number of benzene rings is 1. The number of carbonyl (C=O) groups is 1. The molecule has 1 atom stereocenters. The van der Waals surface area contributed by atoms with Crippen molar-refractivity contribution in [2.75, 3.05) is 16.9 Å². The molecule has 1 aliphatic rings. The Bertz CT molecular complexity index is 720. The molecule has 1 saturated heterocycles. The highest BCUT2D eigenvalue weighted by molar-refractivity contribution is 6.45. The fourth-order valence-electron chi connectivity index (χ4n) is 2.75. The first kappa shape index (κ1) is 17.3. The quantitative estimate of drug-likeness (QED) is 0.367. The van der Waals surface area contributed by atoms with Crippen molar-refractivity contribution in [1.82, 2.24) is 0 Å². The molecule has 0 radical (unpaired) electrons. The van der Waals surface area contributed by atoms with Gasteiger partial charge in [-0.3, -0.25) is 15.6 Å². The third-order valence-electron chi connectivity index (χ3n) is 4.04. The van der Waals surface area contributed by atoms with Gasteiger partial charge in [-0.2, -0.15) is 10.4 Å². The van der Waals surface area contributed by atoms with Crippen LogP contribution in [0.15, 0.2) is 23.3 Å². The van der Waals surface area contributed by atoms with E-state index in [1.54, 1.807) is 18.2 Å². The van der Waals surface area contributed by atoms with Gasteiger partial charge in [-0.05, 0) is 44.4 Å². The molecule has 6 N–H and O–H groups in total. The van der Waals surface area contributed by atoms with E-state index in [-0.39, 0.29) is 5.71 Å². The van der Waals surface area contributed by atoms with Gasteiger partial charge < -0.3 is 16.4 Å². The number of nitrogens with one attached hydrogen (secondary N) is 2. The predicted octanol–water partition coefficient (Wildman–Crippen LogP) is 1.39. The average molecular weight is 327 g/mol. The molecule has 1 aromatic carbocycles. The minimum atomic E-state index is -0.549. The molecular formula is C16H21N7O. The van der Waals surface area contributed by atoms with Gasteiger partial charge in [0.15, 0.2) is 5.84 Å². The Labute approximate surface area is 140 Å². The Balaban J connectivity index is 2.41. The molecule has 1 fully saturated rings. The summed E-state index contributed by atoms with van der Waals surface area (Å²) in [5.74, 6) is -0.976. The number of hydrogen-bond acceptors (Lipinski definition) is 6. The number of piperidine rings is 1. The molecule has 126 valence electrons. The van der Waals surface area contributed by atoms with E-state index in [4.69, 9.17) is 22.1 Å². The van der Waals surface area contributed by atoms with Gasteiger partial charge in [0.2, 0.25) is 11.6 Å². The van der Waals surface area contributed by atoms with Gasteiger partial charge >= 0.3 is 0 Å². The topological polar surface area (TPSA) is 144 Å². The number of amidine groups is 1. The highest BCUT2D eigenvalue weighted by Gasteiger charge is 2.21. The van der Waals surface area contributed by atoms with E-state index >= 15 is 0 Å². The molecule has 1 amide bonds. The lowest BCUT2D eigenvalue weighted by Gasteiger charge is -2.36. The number of anilines is 2. The van der Waals surface area contributed by atoms with Crippen molar-refractivity contribution in [3.05, 3.63) is 23.8 Å². The van der Waals surface area contributed by atoms with Crippen LogP contribution in [0, 0.1) is 16.7 Å². The van der Waals surface area contributed by atoms with Crippen LogP contribution >= 0.6 is 0 Å². The van der Waals surface area contributed by atoms with E-state index in [1.165, 1.54) is 6.42 Å². The largest absolute Gasteiger partial charge is 0.382 e. The fourth-order valence-corrected chi connectivity index (χ4v) is 2.75. The Hall–Kier alpha value is -3.08. The molecule has 8 heteroatoms. The summed E-state index contributed by atoms with van der Waals surface area (Å²) in [5.41, 5.74) is 14.9. The van der Waals surface area contributed by atoms with E-state index in [0.717, 1.165) is 25.1 Å². The smallest absolute Gasteiger partial charge is 0.248 e. The lowest BCUT2D eigenvalue weighted by atomic mass is 10.0. The van der Waals surface area contributed by atoms with Gasteiger partial charge in [0.05, 0.1) is 11.4 Å². The van der Waals surface area contributed by atoms with Crippen LogP contribution in [0.1, 0.15) is 36.5 Å². The van der Waals surface area contributed by atoms with Crippen LogP contribution in [-0.2, 0) is 0 Å². The highest BCUT2D eigenvalue weighted by atomic mass is 16.1. The number of carbonyl (C=O) groups excluding carboxylic acids is 1. The number of nitrogens with two attached hydrogens (primary N) is 2. The molecule has 1 heterocycles. The molecule has 2 rings (SSSR count). The molecule has 0 bridgehead atoms. The van der Waals surface area contributed by atoms with Crippen LogP contribution in [0.3, 0.4) is 0 Å². The number of primary amides is 1. The van der Waals surface area contributed by atoms with Crippen molar-refractivity contribution in [1.29, 1.82) is 10.7 Å². The predicted molar refractivity (Wildman–Crippen MR) is 94.2 cm³/mol. The first-order chi connectivity index (χ1) is 11.4. The molecule has 8 nitrogen and oxygen atoms in total. The zero-order valence-electron chi connectivity index (χ0n) is 13.5. The number of nitriles is 1. The van der Waals surface area contributed by atoms with E-state index in [1.807, 2.05) is 6.07 Å². The van der Waals surface area contributed by atoms with Gasteiger partial charge in [0.1, 0.15) is 6.07 Å². The van der Waals surface area contributed by atoms with Crippen LogP contribution < -0.4 is 21.8 Å². The molecule has 0 spiro atoms. The summed E-state index contributed by atoms with van der Waals surface area (Å²) < 4.78 is 0. The van der Waals surface area contributed by atoms with Gasteiger partial charge in [0, 0.05) is 18.2 Å². The molecule has 1 aromatic rings. The summed E-state index contributed by atoms with van der Waals surface area (Å²) in [5, 5.41) is 20.1. The summed E-state index contributed by atoms with van der Waals surface area (Å²) in [6.45, 7) is 3.04. The molecule has 0 aromatic heterocycles. The van der Waals surface area contributed by atoms with E-state index < -0.39 is 11.7 Å². The first-order valence-electron chi connectivity index (χ1n) is 7.72. The molecule has 1 unspecified atom stereocenters. The van der Waals surface area contributed by atoms with Crippen molar-refractivity contribution in [3.63, 3.8) is 0 Å². The summed E-state index contributed by atoms with van der Waals surface area (Å²) >= 11 is 0. The zero-order chi connectivity index (χ0) is 17.7. The van der Waals surface area contributed by atoms with Gasteiger partial charge in [-0.1, -0.05) is 0 Å². The number of amides is 1. The van der Waals surface area contributed by atoms with Crippen LogP contribution in [0.25, 0.3) is 0 Å². The summed E-state index contributed by atoms with van der Waals surface area (Å²) in [6.07, 6.45) is 3.35. The second-order valence-electron chi connectivity index (χ2n) is 5.73. The Morgan fingerprint density at radius 2 is 2.21 bits per heavy atom. The van der Waals surface area contributed by atoms with Crippen molar-refractivity contribution >= 4 is 28.8 Å². The maximum atomic E-state index is 11.4. The summed E-state index contributed by atoms with van der Waals surface area (Å²) in [7, 11) is 0. The third-order valence-corrected chi connectivity index (χ3v) is 4.04. The molecule has 0 aliphatic carbocycles. The summed E-state index contributed by atoms with van der Waals surface area (Å²) in [6, 6.07) is 7.19. The van der Waals surface area contributed by atoms with Crippen LogP contribution in [0.5, 0.6) is 0 Å². The third kappa shape index (κ3) is 3.81. The SMILES string of the molecule is CC1CCCCN1c1ccc(C(N)=O)cc1N/N=C(\C#N)C(=N)N. The van der Waals surface area contributed by atoms with Crippen LogP contribution in [-0.4, -0.2) is 30.0 Å². The molecule has 24 heavy (non-hydrogen) atoms. The zero-order valence-corrected chi connectivity index (χ0v) is 13.5. The van der Waals surface area contributed by atoms with Crippen molar-refractivity contribution < 1.29 is 4.79 Å².